The van der Waals surface area contributed by atoms with Gasteiger partial charge in [0.05, 0.1) is 33.5 Å². The Morgan fingerprint density at radius 2 is 1.25 bits per heavy atom. The van der Waals surface area contributed by atoms with Gasteiger partial charge in [-0.2, -0.15) is 13.2 Å². The van der Waals surface area contributed by atoms with Crippen molar-refractivity contribution >= 4 is 49.9 Å². The average molecular weight is 533 g/mol. The number of hydrogen-bond donors (Lipinski definition) is 2. The number of anilines is 3. The molecule has 2 aromatic heterocycles. The van der Waals surface area contributed by atoms with E-state index in [0.29, 0.717) is 16.9 Å². The van der Waals surface area contributed by atoms with Crippen LogP contribution in [0.25, 0.3) is 44.1 Å². The summed E-state index contributed by atoms with van der Waals surface area (Å²) in [4.78, 5) is 0. The van der Waals surface area contributed by atoms with Gasteiger partial charge in [-0.15, -0.1) is 0 Å². The second-order valence-corrected chi connectivity index (χ2v) is 9.65. The number of nitrogen functional groups attached to an aromatic ring is 1. The van der Waals surface area contributed by atoms with Gasteiger partial charge >= 0.3 is 6.18 Å². The normalized spacial score (nSPS) is 12.0. The standard InChI is InChI=1S/C33H23F3N4/c34-33(35,36)25-16-8-10-18-27(25)40-26-17-9-7-15-23(26)29-28(40)20-19-24-30(38-21-11-3-1-4-12-21)32(37)39(31(24)29)22-13-5-2-6-14-22/h1-20,38H,37H2. The molecule has 0 spiro atoms. The molecule has 5 aromatic carbocycles. The molecule has 40 heavy (non-hydrogen) atoms. The summed E-state index contributed by atoms with van der Waals surface area (Å²) in [5, 5.41) is 6.01. The number of para-hydroxylation sites is 4. The van der Waals surface area contributed by atoms with Gasteiger partial charge in [0.2, 0.25) is 0 Å². The van der Waals surface area contributed by atoms with E-state index in [1.165, 1.54) is 12.1 Å². The lowest BCUT2D eigenvalue weighted by Crippen LogP contribution is -2.10. The van der Waals surface area contributed by atoms with Crippen LogP contribution in [-0.2, 0) is 6.18 Å². The molecule has 0 unspecified atom stereocenters. The number of nitrogens with zero attached hydrogens (tertiary/aromatic N) is 2. The Morgan fingerprint density at radius 1 is 0.600 bits per heavy atom. The van der Waals surface area contributed by atoms with Crippen molar-refractivity contribution in [1.29, 1.82) is 0 Å². The summed E-state index contributed by atoms with van der Waals surface area (Å²) in [6.45, 7) is 0. The highest BCUT2D eigenvalue weighted by atomic mass is 19.4. The van der Waals surface area contributed by atoms with Crippen LogP contribution in [0.5, 0.6) is 0 Å². The van der Waals surface area contributed by atoms with Crippen molar-refractivity contribution in [2.45, 2.75) is 6.18 Å². The Bertz CT molecular complexity index is 2020. The molecule has 7 aromatic rings. The van der Waals surface area contributed by atoms with Gasteiger partial charge in [0.1, 0.15) is 5.82 Å². The highest BCUT2D eigenvalue weighted by molar-refractivity contribution is 6.24. The number of fused-ring (bicyclic) bond motifs is 5. The number of nitrogens with two attached hydrogens (primary N) is 1. The highest BCUT2D eigenvalue weighted by Crippen LogP contribution is 2.45. The summed E-state index contributed by atoms with van der Waals surface area (Å²) in [6.07, 6.45) is -4.51. The van der Waals surface area contributed by atoms with E-state index >= 15 is 0 Å². The Labute approximate surface area is 227 Å². The number of aromatic nitrogens is 2. The van der Waals surface area contributed by atoms with Crippen LogP contribution in [0.15, 0.2) is 121 Å². The summed E-state index contributed by atoms with van der Waals surface area (Å²) < 4.78 is 46.3. The Kier molecular flexibility index (Phi) is 5.35. The van der Waals surface area contributed by atoms with E-state index in [1.54, 1.807) is 10.6 Å². The van der Waals surface area contributed by atoms with E-state index in [1.807, 2.05) is 102 Å². The molecular weight excluding hydrogens is 509 g/mol. The second kappa shape index (κ2) is 8.95. The van der Waals surface area contributed by atoms with Crippen molar-refractivity contribution in [2.75, 3.05) is 11.1 Å². The van der Waals surface area contributed by atoms with Gasteiger partial charge in [0.25, 0.3) is 0 Å². The monoisotopic (exact) mass is 532 g/mol. The first-order valence-electron chi connectivity index (χ1n) is 12.8. The summed E-state index contributed by atoms with van der Waals surface area (Å²) in [5.74, 6) is 0.505. The molecule has 0 aliphatic carbocycles. The van der Waals surface area contributed by atoms with Gasteiger partial charge in [-0.3, -0.25) is 4.57 Å². The molecule has 3 N–H and O–H groups in total. The highest BCUT2D eigenvalue weighted by Gasteiger charge is 2.34. The number of nitrogens with one attached hydrogen (secondary N) is 1. The summed E-state index contributed by atoms with van der Waals surface area (Å²) in [7, 11) is 0. The maximum Gasteiger partial charge on any atom is 0.418 e. The molecular formula is C33H23F3N4. The molecule has 0 saturated carbocycles. The molecule has 7 heteroatoms. The third-order valence-electron chi connectivity index (χ3n) is 7.31. The van der Waals surface area contributed by atoms with Crippen molar-refractivity contribution in [1.82, 2.24) is 9.13 Å². The van der Waals surface area contributed by atoms with Crippen molar-refractivity contribution in [3.05, 3.63) is 127 Å². The van der Waals surface area contributed by atoms with Crippen LogP contribution in [0.1, 0.15) is 5.56 Å². The zero-order valence-electron chi connectivity index (χ0n) is 21.2. The molecule has 0 saturated heterocycles. The van der Waals surface area contributed by atoms with Crippen LogP contribution in [-0.4, -0.2) is 9.13 Å². The van der Waals surface area contributed by atoms with Crippen molar-refractivity contribution in [3.8, 4) is 11.4 Å². The molecule has 4 nitrogen and oxygen atoms in total. The number of benzene rings is 5. The van der Waals surface area contributed by atoms with E-state index < -0.39 is 11.7 Å². The lowest BCUT2D eigenvalue weighted by atomic mass is 10.1. The molecule has 0 aliphatic rings. The van der Waals surface area contributed by atoms with Crippen molar-refractivity contribution in [2.24, 2.45) is 0 Å². The molecule has 2 heterocycles. The molecule has 196 valence electrons. The van der Waals surface area contributed by atoms with E-state index in [9.17, 15) is 13.2 Å². The molecule has 0 fully saturated rings. The Balaban J connectivity index is 1.64. The molecule has 7 rings (SSSR count). The van der Waals surface area contributed by atoms with E-state index in [4.69, 9.17) is 5.73 Å². The maximum atomic E-state index is 14.2. The van der Waals surface area contributed by atoms with Crippen LogP contribution >= 0.6 is 0 Å². The maximum absolute atomic E-state index is 14.2. The van der Waals surface area contributed by atoms with Crippen molar-refractivity contribution < 1.29 is 13.2 Å². The molecule has 0 radical (unpaired) electrons. The van der Waals surface area contributed by atoms with Gasteiger partial charge in [0.15, 0.2) is 0 Å². The van der Waals surface area contributed by atoms with Crippen LogP contribution in [0.4, 0.5) is 30.4 Å². The summed E-state index contributed by atoms with van der Waals surface area (Å²) >= 11 is 0. The lowest BCUT2D eigenvalue weighted by molar-refractivity contribution is -0.137. The minimum absolute atomic E-state index is 0.0778. The summed E-state index contributed by atoms with van der Waals surface area (Å²) in [6, 6.07) is 36.6. The topological polar surface area (TPSA) is 47.9 Å². The fourth-order valence-electron chi connectivity index (χ4n) is 5.66. The third-order valence-corrected chi connectivity index (χ3v) is 7.31. The fraction of sp³-hybridized carbons (Fsp3) is 0.0303. The molecule has 0 bridgehead atoms. The SMILES string of the molecule is Nc1c(Nc2ccccc2)c2ccc3c(c4ccccc4n3-c3ccccc3C(F)(F)F)c2n1-c1ccccc1. The number of alkyl halides is 3. The molecule has 0 aliphatic heterocycles. The van der Waals surface area contributed by atoms with Gasteiger partial charge < -0.3 is 15.6 Å². The smallest absolute Gasteiger partial charge is 0.383 e. The summed E-state index contributed by atoms with van der Waals surface area (Å²) in [5.41, 5.74) is 10.9. The molecule has 0 atom stereocenters. The first-order valence-corrected chi connectivity index (χ1v) is 12.8. The number of hydrogen-bond acceptors (Lipinski definition) is 2. The number of halogens is 3. The lowest BCUT2D eigenvalue weighted by Gasteiger charge is -2.15. The zero-order chi connectivity index (χ0) is 27.4. The Morgan fingerprint density at radius 3 is 2.00 bits per heavy atom. The van der Waals surface area contributed by atoms with Crippen LogP contribution in [0, 0.1) is 0 Å². The minimum Gasteiger partial charge on any atom is -0.383 e. The van der Waals surface area contributed by atoms with Crippen molar-refractivity contribution in [3.63, 3.8) is 0 Å². The first kappa shape index (κ1) is 23.9. The van der Waals surface area contributed by atoms with Gasteiger partial charge in [-0.05, 0) is 54.6 Å². The second-order valence-electron chi connectivity index (χ2n) is 9.65. The van der Waals surface area contributed by atoms with Gasteiger partial charge in [-0.25, -0.2) is 0 Å². The third kappa shape index (κ3) is 3.62. The van der Waals surface area contributed by atoms with Crippen LogP contribution in [0.2, 0.25) is 0 Å². The zero-order valence-corrected chi connectivity index (χ0v) is 21.2. The van der Waals surface area contributed by atoms with E-state index in [2.05, 4.69) is 5.32 Å². The van der Waals surface area contributed by atoms with Gasteiger partial charge in [-0.1, -0.05) is 66.7 Å². The largest absolute Gasteiger partial charge is 0.418 e. The van der Waals surface area contributed by atoms with E-state index in [-0.39, 0.29) is 5.69 Å². The minimum atomic E-state index is -4.51. The quantitative estimate of drug-likeness (QED) is 0.238. The van der Waals surface area contributed by atoms with Crippen LogP contribution < -0.4 is 11.1 Å². The number of rotatable bonds is 4. The predicted octanol–water partition coefficient (Wildman–Crippen LogP) is 9.07. The fourth-order valence-corrected chi connectivity index (χ4v) is 5.66. The van der Waals surface area contributed by atoms with Crippen LogP contribution in [0.3, 0.4) is 0 Å². The predicted molar refractivity (Wildman–Crippen MR) is 157 cm³/mol. The van der Waals surface area contributed by atoms with Gasteiger partial charge in [0, 0.05) is 27.5 Å². The molecule has 0 amide bonds. The Hall–Kier alpha value is -5.17. The van der Waals surface area contributed by atoms with E-state index in [0.717, 1.165) is 44.8 Å². The average Bonchev–Trinajstić information content (AvgIpc) is 3.45. The first-order chi connectivity index (χ1) is 19.4.